The minimum atomic E-state index is -0.0859. The minimum absolute atomic E-state index is 0.0127. The van der Waals surface area contributed by atoms with Crippen molar-refractivity contribution in [2.24, 2.45) is 0 Å². The van der Waals surface area contributed by atoms with Crippen molar-refractivity contribution in [1.29, 1.82) is 0 Å². The fourth-order valence-electron chi connectivity index (χ4n) is 2.95. The third-order valence-corrected chi connectivity index (χ3v) is 5.03. The molecule has 1 fully saturated rings. The van der Waals surface area contributed by atoms with Crippen molar-refractivity contribution >= 4 is 23.1 Å². The Morgan fingerprint density at radius 2 is 2.23 bits per heavy atom. The maximum Gasteiger partial charge on any atom is 0.307 e. The second kappa shape index (κ2) is 6.48. The number of hydrogen-bond donors (Lipinski definition) is 1. The molecular formula is C15H20N4O2S. The van der Waals surface area contributed by atoms with E-state index in [9.17, 15) is 9.59 Å². The molecule has 1 saturated carbocycles. The van der Waals surface area contributed by atoms with Crippen LogP contribution >= 0.6 is 11.3 Å². The van der Waals surface area contributed by atoms with Gasteiger partial charge in [-0.15, -0.1) is 0 Å². The topological polar surface area (TPSA) is 68.9 Å². The van der Waals surface area contributed by atoms with Gasteiger partial charge in [0.2, 0.25) is 5.91 Å². The molecule has 7 heteroatoms. The lowest BCUT2D eigenvalue weighted by Gasteiger charge is -2.14. The van der Waals surface area contributed by atoms with E-state index in [1.165, 1.54) is 24.2 Å². The number of rotatable bonds is 5. The summed E-state index contributed by atoms with van der Waals surface area (Å²) in [6, 6.07) is 2.23. The van der Waals surface area contributed by atoms with Crippen LogP contribution in [0.4, 0.5) is 5.82 Å². The van der Waals surface area contributed by atoms with Crippen LogP contribution in [-0.4, -0.2) is 20.3 Å². The van der Waals surface area contributed by atoms with E-state index in [2.05, 4.69) is 10.4 Å². The van der Waals surface area contributed by atoms with Crippen LogP contribution in [0.15, 0.2) is 22.4 Å². The van der Waals surface area contributed by atoms with Crippen LogP contribution in [0.5, 0.6) is 0 Å². The van der Waals surface area contributed by atoms with E-state index >= 15 is 0 Å². The van der Waals surface area contributed by atoms with Crippen LogP contribution in [-0.2, 0) is 11.3 Å². The van der Waals surface area contributed by atoms with E-state index in [4.69, 9.17) is 0 Å². The number of nitrogens with zero attached hydrogens (tertiary/aromatic N) is 3. The van der Waals surface area contributed by atoms with Crippen molar-refractivity contribution in [3.63, 3.8) is 0 Å². The van der Waals surface area contributed by atoms with Gasteiger partial charge in [-0.2, -0.15) is 5.10 Å². The smallest absolute Gasteiger partial charge is 0.307 e. The fourth-order valence-corrected chi connectivity index (χ4v) is 3.71. The molecule has 118 valence electrons. The Morgan fingerprint density at radius 1 is 1.45 bits per heavy atom. The Hall–Kier alpha value is -1.89. The molecule has 1 aliphatic carbocycles. The molecule has 2 aromatic heterocycles. The van der Waals surface area contributed by atoms with Crippen molar-refractivity contribution in [2.45, 2.75) is 51.6 Å². The molecule has 2 heterocycles. The maximum absolute atomic E-state index is 12.1. The fraction of sp³-hybridized carbons (Fsp3) is 0.533. The summed E-state index contributed by atoms with van der Waals surface area (Å²) >= 11 is 1.17. The number of aryl methyl sites for hydroxylation is 1. The second-order valence-corrected chi connectivity index (χ2v) is 6.51. The van der Waals surface area contributed by atoms with Crippen molar-refractivity contribution < 1.29 is 4.79 Å². The lowest BCUT2D eigenvalue weighted by atomic mass is 10.2. The standard InChI is InChI=1S/C15H20N4O2S/c1-11-10-22-15(21)18(11)9-7-14(20)17-13-6-8-16-19(13)12-4-2-3-5-12/h6,8,10,12H,2-5,7,9H2,1H3,(H,17,20). The van der Waals surface area contributed by atoms with Gasteiger partial charge in [-0.1, -0.05) is 24.2 Å². The Labute approximate surface area is 132 Å². The summed E-state index contributed by atoms with van der Waals surface area (Å²) in [6.45, 7) is 2.29. The number of carbonyl (C=O) groups excluding carboxylic acids is 1. The van der Waals surface area contributed by atoms with Gasteiger partial charge in [0.25, 0.3) is 0 Å². The molecule has 22 heavy (non-hydrogen) atoms. The number of anilines is 1. The van der Waals surface area contributed by atoms with Gasteiger partial charge in [0.15, 0.2) is 0 Å². The Balaban J connectivity index is 1.60. The molecule has 0 unspecified atom stereocenters. The van der Waals surface area contributed by atoms with Crippen molar-refractivity contribution in [3.8, 4) is 0 Å². The molecule has 1 N–H and O–H groups in total. The highest BCUT2D eigenvalue weighted by Gasteiger charge is 2.20. The SMILES string of the molecule is Cc1csc(=O)n1CCC(=O)Nc1ccnn1C1CCCC1. The summed E-state index contributed by atoms with van der Waals surface area (Å²) in [5.74, 6) is 0.670. The molecule has 0 bridgehead atoms. The first-order valence-corrected chi connectivity index (χ1v) is 8.51. The van der Waals surface area contributed by atoms with Crippen LogP contribution in [0, 0.1) is 6.92 Å². The van der Waals surface area contributed by atoms with E-state index in [0.717, 1.165) is 24.4 Å². The normalized spacial score (nSPS) is 15.3. The molecule has 6 nitrogen and oxygen atoms in total. The molecule has 1 amide bonds. The first kappa shape index (κ1) is 15.0. The highest BCUT2D eigenvalue weighted by atomic mass is 32.1. The average Bonchev–Trinajstić information content (AvgIpc) is 3.20. The minimum Gasteiger partial charge on any atom is -0.311 e. The number of hydrogen-bond acceptors (Lipinski definition) is 4. The van der Waals surface area contributed by atoms with Gasteiger partial charge in [0.05, 0.1) is 12.2 Å². The van der Waals surface area contributed by atoms with E-state index < -0.39 is 0 Å². The number of aromatic nitrogens is 3. The van der Waals surface area contributed by atoms with Crippen LogP contribution in [0.25, 0.3) is 0 Å². The van der Waals surface area contributed by atoms with Crippen LogP contribution in [0.3, 0.4) is 0 Å². The lowest BCUT2D eigenvalue weighted by Crippen LogP contribution is -2.22. The van der Waals surface area contributed by atoms with Gasteiger partial charge in [0, 0.05) is 30.1 Å². The van der Waals surface area contributed by atoms with Crippen LogP contribution in [0.1, 0.15) is 43.8 Å². The summed E-state index contributed by atoms with van der Waals surface area (Å²) in [4.78, 5) is 23.8. The Morgan fingerprint density at radius 3 is 2.91 bits per heavy atom. The lowest BCUT2D eigenvalue weighted by molar-refractivity contribution is -0.116. The number of nitrogens with one attached hydrogen (secondary N) is 1. The molecule has 0 aliphatic heterocycles. The van der Waals surface area contributed by atoms with E-state index in [-0.39, 0.29) is 17.2 Å². The van der Waals surface area contributed by atoms with Crippen LogP contribution < -0.4 is 10.2 Å². The van der Waals surface area contributed by atoms with Crippen LogP contribution in [0.2, 0.25) is 0 Å². The monoisotopic (exact) mass is 320 g/mol. The van der Waals surface area contributed by atoms with Crippen molar-refractivity contribution in [1.82, 2.24) is 14.3 Å². The molecule has 0 radical (unpaired) electrons. The zero-order valence-electron chi connectivity index (χ0n) is 12.6. The first-order chi connectivity index (χ1) is 10.6. The molecule has 1 aliphatic rings. The average molecular weight is 320 g/mol. The number of thiazole rings is 1. The molecular weight excluding hydrogens is 300 g/mol. The molecule has 0 saturated heterocycles. The summed E-state index contributed by atoms with van der Waals surface area (Å²) < 4.78 is 3.56. The van der Waals surface area contributed by atoms with Gasteiger partial charge in [0.1, 0.15) is 5.82 Å². The quantitative estimate of drug-likeness (QED) is 0.920. The zero-order chi connectivity index (χ0) is 15.5. The number of amides is 1. The van der Waals surface area contributed by atoms with E-state index in [1.54, 1.807) is 10.8 Å². The molecule has 0 spiro atoms. The highest BCUT2D eigenvalue weighted by Crippen LogP contribution is 2.31. The third-order valence-electron chi connectivity index (χ3n) is 4.15. The summed E-state index contributed by atoms with van der Waals surface area (Å²) in [6.07, 6.45) is 6.69. The van der Waals surface area contributed by atoms with Crippen molar-refractivity contribution in [2.75, 3.05) is 5.32 Å². The summed E-state index contributed by atoms with van der Waals surface area (Å²) in [5.41, 5.74) is 0.902. The van der Waals surface area contributed by atoms with Crippen molar-refractivity contribution in [3.05, 3.63) is 33.0 Å². The largest absolute Gasteiger partial charge is 0.311 e. The Bertz CT molecular complexity index is 709. The molecule has 0 atom stereocenters. The Kier molecular flexibility index (Phi) is 4.42. The summed E-state index contributed by atoms with van der Waals surface area (Å²) in [7, 11) is 0. The summed E-state index contributed by atoms with van der Waals surface area (Å²) in [5, 5.41) is 9.07. The molecule has 0 aromatic carbocycles. The van der Waals surface area contributed by atoms with Gasteiger partial charge < -0.3 is 9.88 Å². The van der Waals surface area contributed by atoms with Gasteiger partial charge in [-0.3, -0.25) is 9.59 Å². The van der Waals surface area contributed by atoms with Gasteiger partial charge in [-0.05, 0) is 19.8 Å². The highest BCUT2D eigenvalue weighted by molar-refractivity contribution is 7.07. The third kappa shape index (κ3) is 3.14. The van der Waals surface area contributed by atoms with Gasteiger partial charge >= 0.3 is 4.87 Å². The van der Waals surface area contributed by atoms with E-state index in [1.807, 2.05) is 23.1 Å². The maximum atomic E-state index is 12.1. The predicted octanol–water partition coefficient (Wildman–Crippen LogP) is 2.56. The first-order valence-electron chi connectivity index (χ1n) is 7.63. The predicted molar refractivity (Wildman–Crippen MR) is 86.3 cm³/mol. The number of carbonyl (C=O) groups is 1. The molecule has 2 aromatic rings. The van der Waals surface area contributed by atoms with E-state index in [0.29, 0.717) is 12.6 Å². The zero-order valence-corrected chi connectivity index (χ0v) is 13.4. The second-order valence-electron chi connectivity index (χ2n) is 5.69. The van der Waals surface area contributed by atoms with Gasteiger partial charge in [-0.25, -0.2) is 4.68 Å². The molecule has 3 rings (SSSR count).